The molecule has 3 heterocycles. The van der Waals surface area contributed by atoms with E-state index >= 15 is 0 Å². The summed E-state index contributed by atoms with van der Waals surface area (Å²) in [6.07, 6.45) is 5.98. The molecule has 1 aliphatic carbocycles. The van der Waals surface area contributed by atoms with Crippen molar-refractivity contribution in [3.63, 3.8) is 0 Å². The molecule has 0 saturated heterocycles. The van der Waals surface area contributed by atoms with Crippen LogP contribution in [0.3, 0.4) is 0 Å². The van der Waals surface area contributed by atoms with E-state index in [4.69, 9.17) is 14.9 Å². The number of pyridine rings is 1. The average Bonchev–Trinajstić information content (AvgIpc) is 3.25. The van der Waals surface area contributed by atoms with Gasteiger partial charge in [0.05, 0.1) is 35.8 Å². The maximum absolute atomic E-state index is 13.0. The van der Waals surface area contributed by atoms with Gasteiger partial charge in [0.2, 0.25) is 0 Å². The lowest BCUT2D eigenvalue weighted by Gasteiger charge is -2.31. The Morgan fingerprint density at radius 3 is 2.62 bits per heavy atom. The Bertz CT molecular complexity index is 1360. The minimum Gasteiger partial charge on any atom is -0.466 e. The second-order valence-electron chi connectivity index (χ2n) is 8.74. The van der Waals surface area contributed by atoms with Gasteiger partial charge in [0.1, 0.15) is 5.69 Å². The monoisotopic (exact) mass is 456 g/mol. The normalized spacial score (nSPS) is 18.1. The summed E-state index contributed by atoms with van der Waals surface area (Å²) in [6.45, 7) is 2.17. The van der Waals surface area contributed by atoms with Gasteiger partial charge in [-0.05, 0) is 43.9 Å². The zero-order chi connectivity index (χ0) is 23.5. The number of hydrogen-bond donors (Lipinski definition) is 0. The van der Waals surface area contributed by atoms with Gasteiger partial charge in [0.15, 0.2) is 0 Å². The predicted molar refractivity (Wildman–Crippen MR) is 130 cm³/mol. The molecule has 7 heteroatoms. The predicted octanol–water partition coefficient (Wildman–Crippen LogP) is 4.91. The third kappa shape index (κ3) is 4.25. The van der Waals surface area contributed by atoms with Gasteiger partial charge in [-0.25, -0.2) is 9.20 Å². The molecule has 0 unspecified atom stereocenters. The Morgan fingerprint density at radius 2 is 1.79 bits per heavy atom. The first-order chi connectivity index (χ1) is 16.7. The maximum Gasteiger partial charge on any atom is 0.306 e. The van der Waals surface area contributed by atoms with E-state index in [1.807, 2.05) is 66.2 Å². The van der Waals surface area contributed by atoms with Crippen LogP contribution in [0, 0.1) is 5.92 Å². The maximum atomic E-state index is 13.0. The fourth-order valence-corrected chi connectivity index (χ4v) is 5.03. The Morgan fingerprint density at radius 1 is 1.00 bits per heavy atom. The van der Waals surface area contributed by atoms with Crippen molar-refractivity contribution in [1.29, 1.82) is 0 Å². The molecule has 5 rings (SSSR count). The number of fused-ring (bicyclic) bond motifs is 1. The number of esters is 1. The van der Waals surface area contributed by atoms with Crippen molar-refractivity contribution in [1.82, 2.24) is 19.4 Å². The molecule has 1 saturated carbocycles. The molecule has 0 amide bonds. The molecule has 7 nitrogen and oxygen atoms in total. The number of ether oxygens (including phenoxy) is 1. The fourth-order valence-electron chi connectivity index (χ4n) is 5.03. The van der Waals surface area contributed by atoms with Crippen LogP contribution >= 0.6 is 0 Å². The standard InChI is InChI=1S/C27H28N4O3/c1-2-34-25(33)18-20-12-6-7-13-22(20)31-24(32)16-15-21(28-31)26-23-14-8-9-17-30(23)29-27(26)19-10-4-3-5-11-19/h3-5,8-11,14-17,20,22H,2,6-7,12-13,18H2,1H3/t20-,22-/m1/s1. The Labute approximate surface area is 198 Å². The first-order valence-electron chi connectivity index (χ1n) is 11.9. The van der Waals surface area contributed by atoms with Crippen molar-refractivity contribution in [2.75, 3.05) is 6.61 Å². The second-order valence-corrected chi connectivity index (χ2v) is 8.74. The largest absolute Gasteiger partial charge is 0.466 e. The van der Waals surface area contributed by atoms with Crippen molar-refractivity contribution in [2.45, 2.75) is 45.1 Å². The average molecular weight is 457 g/mol. The Hall–Kier alpha value is -3.74. The first-order valence-corrected chi connectivity index (χ1v) is 11.9. The van der Waals surface area contributed by atoms with E-state index in [9.17, 15) is 9.59 Å². The van der Waals surface area contributed by atoms with E-state index in [0.29, 0.717) is 18.7 Å². The van der Waals surface area contributed by atoms with E-state index in [1.54, 1.807) is 16.8 Å². The fraction of sp³-hybridized carbons (Fsp3) is 0.333. The molecule has 2 atom stereocenters. The van der Waals surface area contributed by atoms with Gasteiger partial charge in [0.25, 0.3) is 5.56 Å². The summed E-state index contributed by atoms with van der Waals surface area (Å²) in [6, 6.07) is 19.1. The van der Waals surface area contributed by atoms with Crippen LogP contribution < -0.4 is 5.56 Å². The number of nitrogens with zero attached hydrogens (tertiary/aromatic N) is 4. The third-order valence-electron chi connectivity index (χ3n) is 6.59. The summed E-state index contributed by atoms with van der Waals surface area (Å²) in [5, 5.41) is 9.70. The molecule has 0 bridgehead atoms. The van der Waals surface area contributed by atoms with Gasteiger partial charge in [0, 0.05) is 17.8 Å². The van der Waals surface area contributed by atoms with E-state index in [1.165, 1.54) is 0 Å². The molecule has 0 spiro atoms. The van der Waals surface area contributed by atoms with E-state index in [-0.39, 0.29) is 23.5 Å². The van der Waals surface area contributed by atoms with Crippen LogP contribution in [0.5, 0.6) is 0 Å². The van der Waals surface area contributed by atoms with Gasteiger partial charge in [-0.1, -0.05) is 49.2 Å². The van der Waals surface area contributed by atoms with Crippen molar-refractivity contribution in [3.05, 3.63) is 77.2 Å². The van der Waals surface area contributed by atoms with Crippen LogP contribution in [0.25, 0.3) is 28.0 Å². The lowest BCUT2D eigenvalue weighted by atomic mass is 9.82. The number of carbonyl (C=O) groups is 1. The van der Waals surface area contributed by atoms with Crippen LogP contribution in [-0.2, 0) is 9.53 Å². The number of rotatable bonds is 6. The molecule has 174 valence electrons. The number of hydrogen-bond acceptors (Lipinski definition) is 5. The summed E-state index contributed by atoms with van der Waals surface area (Å²) >= 11 is 0. The zero-order valence-corrected chi connectivity index (χ0v) is 19.3. The highest BCUT2D eigenvalue weighted by Crippen LogP contribution is 2.37. The molecule has 1 aromatic carbocycles. The number of benzene rings is 1. The first kappa shape index (κ1) is 22.1. The molecule has 4 aromatic rings. The molecule has 0 radical (unpaired) electrons. The summed E-state index contributed by atoms with van der Waals surface area (Å²) in [5.41, 5.74) is 4.15. The van der Waals surface area contributed by atoms with Crippen LogP contribution in [0.1, 0.15) is 45.1 Å². The molecule has 3 aromatic heterocycles. The minimum absolute atomic E-state index is 0.0331. The highest BCUT2D eigenvalue weighted by atomic mass is 16.5. The third-order valence-corrected chi connectivity index (χ3v) is 6.59. The summed E-state index contributed by atoms with van der Waals surface area (Å²) in [5.74, 6) is -0.177. The van der Waals surface area contributed by atoms with Crippen molar-refractivity contribution >= 4 is 11.5 Å². The van der Waals surface area contributed by atoms with E-state index in [2.05, 4.69) is 0 Å². The second kappa shape index (κ2) is 9.63. The summed E-state index contributed by atoms with van der Waals surface area (Å²) in [4.78, 5) is 25.2. The van der Waals surface area contributed by atoms with Gasteiger partial charge in [-0.15, -0.1) is 0 Å². The lowest BCUT2D eigenvalue weighted by Crippen LogP contribution is -2.34. The molecule has 0 aliphatic heterocycles. The zero-order valence-electron chi connectivity index (χ0n) is 19.3. The topological polar surface area (TPSA) is 78.5 Å². The molecular formula is C27H28N4O3. The van der Waals surface area contributed by atoms with Gasteiger partial charge >= 0.3 is 5.97 Å². The molecular weight excluding hydrogens is 428 g/mol. The van der Waals surface area contributed by atoms with Gasteiger partial charge in [-0.3, -0.25) is 9.59 Å². The van der Waals surface area contributed by atoms with Crippen molar-refractivity contribution in [2.24, 2.45) is 5.92 Å². The van der Waals surface area contributed by atoms with Crippen molar-refractivity contribution < 1.29 is 9.53 Å². The number of aromatic nitrogens is 4. The molecule has 0 N–H and O–H groups in total. The number of carbonyl (C=O) groups excluding carboxylic acids is 1. The Balaban J connectivity index is 1.61. The van der Waals surface area contributed by atoms with Gasteiger partial charge < -0.3 is 4.74 Å². The highest BCUT2D eigenvalue weighted by molar-refractivity contribution is 5.90. The van der Waals surface area contributed by atoms with Crippen LogP contribution in [0.15, 0.2) is 71.7 Å². The van der Waals surface area contributed by atoms with Crippen LogP contribution in [0.4, 0.5) is 0 Å². The van der Waals surface area contributed by atoms with Crippen LogP contribution in [-0.4, -0.2) is 32.0 Å². The smallest absolute Gasteiger partial charge is 0.306 e. The van der Waals surface area contributed by atoms with Crippen LogP contribution in [0.2, 0.25) is 0 Å². The Kier molecular flexibility index (Phi) is 6.25. The summed E-state index contributed by atoms with van der Waals surface area (Å²) in [7, 11) is 0. The quantitative estimate of drug-likeness (QED) is 0.385. The van der Waals surface area contributed by atoms with E-state index in [0.717, 1.165) is 48.0 Å². The highest BCUT2D eigenvalue weighted by Gasteiger charge is 2.31. The molecule has 1 aliphatic rings. The van der Waals surface area contributed by atoms with E-state index < -0.39 is 0 Å². The summed E-state index contributed by atoms with van der Waals surface area (Å²) < 4.78 is 8.64. The molecule has 1 fully saturated rings. The molecule has 34 heavy (non-hydrogen) atoms. The lowest BCUT2D eigenvalue weighted by molar-refractivity contribution is -0.145. The minimum atomic E-state index is -0.211. The van der Waals surface area contributed by atoms with Crippen molar-refractivity contribution in [3.8, 4) is 22.5 Å². The SMILES string of the molecule is CCOC(=O)C[C@H]1CCCC[C@H]1n1nc(-c2c(-c3ccccc3)nn3ccccc23)ccc1=O. The van der Waals surface area contributed by atoms with Gasteiger partial charge in [-0.2, -0.15) is 10.2 Å².